The summed E-state index contributed by atoms with van der Waals surface area (Å²) in [5.74, 6) is 3.10. The number of aliphatic hydroxyl groups is 2. The maximum absolute atomic E-state index is 12.1. The molecule has 3 unspecified atom stereocenters. The Morgan fingerprint density at radius 3 is 2.41 bits per heavy atom. The van der Waals surface area contributed by atoms with Crippen molar-refractivity contribution in [1.82, 2.24) is 4.90 Å². The molecule has 9 fully saturated rings. The first-order valence-electron chi connectivity index (χ1n) is 20.6. The lowest BCUT2D eigenvalue weighted by atomic mass is 9.43. The van der Waals surface area contributed by atoms with Gasteiger partial charge in [-0.1, -0.05) is 34.6 Å². The largest absolute Gasteiger partial charge is 0.393 e. The highest BCUT2D eigenvalue weighted by Gasteiger charge is 2.70. The average molecular weight is 688 g/mol. The lowest BCUT2D eigenvalue weighted by Crippen LogP contribution is -2.70. The number of fused-ring (bicyclic) bond motifs is 7. The van der Waals surface area contributed by atoms with Gasteiger partial charge >= 0.3 is 0 Å². The molecule has 19 atom stereocenters. The maximum Gasteiger partial charge on any atom is 0.201 e. The first kappa shape index (κ1) is 35.7. The van der Waals surface area contributed by atoms with E-state index in [-0.39, 0.29) is 53.2 Å². The molecule has 2 N–H and O–H groups in total. The molecule has 2 bridgehead atoms. The smallest absolute Gasteiger partial charge is 0.201 e. The summed E-state index contributed by atoms with van der Waals surface area (Å²) in [6.45, 7) is 15.1. The number of ether oxygens (including phenoxy) is 3. The van der Waals surface area contributed by atoms with E-state index in [1.807, 2.05) is 6.92 Å². The van der Waals surface area contributed by atoms with E-state index >= 15 is 0 Å². The molecule has 280 valence electrons. The lowest BCUT2D eigenvalue weighted by molar-refractivity contribution is -0.578. The molecule has 0 aromatic heterocycles. The molecule has 5 aliphatic carbocycles. The molecule has 9 rings (SSSR count). The predicted octanol–water partition coefficient (Wildman–Crippen LogP) is 7.16. The molecular weight excluding hydrogens is 618 g/mol. The van der Waals surface area contributed by atoms with Crippen LogP contribution in [0.3, 0.4) is 0 Å². The number of rotatable bonds is 7. The Labute approximate surface area is 296 Å². The number of nitrogens with zero attached hydrogens (tertiary/aromatic N) is 1. The van der Waals surface area contributed by atoms with Crippen LogP contribution in [0.2, 0.25) is 0 Å². The van der Waals surface area contributed by atoms with E-state index in [0.717, 1.165) is 64.3 Å². The molecular formula is C41H69NO7. The van der Waals surface area contributed by atoms with Crippen LogP contribution in [-0.2, 0) is 24.0 Å². The summed E-state index contributed by atoms with van der Waals surface area (Å²) < 4.78 is 20.5. The Morgan fingerprint density at radius 1 is 0.857 bits per heavy atom. The summed E-state index contributed by atoms with van der Waals surface area (Å²) in [6, 6.07) is 0. The minimum absolute atomic E-state index is 0.0926. The van der Waals surface area contributed by atoms with Crippen molar-refractivity contribution in [3.05, 3.63) is 0 Å². The average Bonchev–Trinajstić information content (AvgIpc) is 3.25. The van der Waals surface area contributed by atoms with Gasteiger partial charge in [0.1, 0.15) is 0 Å². The van der Waals surface area contributed by atoms with Gasteiger partial charge in [-0.15, -0.1) is 0 Å². The van der Waals surface area contributed by atoms with Crippen LogP contribution in [0.5, 0.6) is 0 Å². The highest BCUT2D eigenvalue weighted by molar-refractivity contribution is 5.15. The van der Waals surface area contributed by atoms with Crippen molar-refractivity contribution in [1.29, 1.82) is 0 Å². The van der Waals surface area contributed by atoms with E-state index in [4.69, 9.17) is 24.0 Å². The van der Waals surface area contributed by atoms with Gasteiger partial charge in [0.05, 0.1) is 18.3 Å². The molecule has 49 heavy (non-hydrogen) atoms. The van der Waals surface area contributed by atoms with Gasteiger partial charge in [0.15, 0.2) is 18.2 Å². The van der Waals surface area contributed by atoms with Gasteiger partial charge in [-0.25, -0.2) is 9.78 Å². The Hall–Kier alpha value is -0.320. The summed E-state index contributed by atoms with van der Waals surface area (Å²) in [4.78, 5) is 14.7. The Morgan fingerprint density at radius 2 is 1.63 bits per heavy atom. The molecule has 0 amide bonds. The zero-order valence-corrected chi connectivity index (χ0v) is 31.9. The topological polar surface area (TPSA) is 89.9 Å². The summed E-state index contributed by atoms with van der Waals surface area (Å²) in [5.41, 5.74) is -0.558. The number of hydrogen-bond acceptors (Lipinski definition) is 8. The molecule has 0 aromatic carbocycles. The van der Waals surface area contributed by atoms with Gasteiger partial charge in [-0.3, -0.25) is 0 Å². The second-order valence-corrected chi connectivity index (χ2v) is 19.8. The van der Waals surface area contributed by atoms with Crippen LogP contribution >= 0.6 is 0 Å². The minimum Gasteiger partial charge on any atom is -0.393 e. The monoisotopic (exact) mass is 688 g/mol. The fourth-order valence-corrected chi connectivity index (χ4v) is 14.4. The summed E-state index contributed by atoms with van der Waals surface area (Å²) in [7, 11) is 4.32. The molecule has 4 saturated heterocycles. The second-order valence-electron chi connectivity index (χ2n) is 19.8. The maximum atomic E-state index is 12.1. The van der Waals surface area contributed by atoms with Crippen molar-refractivity contribution in [2.75, 3.05) is 20.6 Å². The molecule has 9 aliphatic rings. The second kappa shape index (κ2) is 12.6. The Kier molecular flexibility index (Phi) is 9.20. The van der Waals surface area contributed by atoms with Gasteiger partial charge in [-0.2, -0.15) is 0 Å². The standard InChI is InChI=1S/C41H69NO7/c1-23(10-9-19-42(7)8)28-13-14-31-35-32(22-34(44)40(28,31)6)38(4)17-15-27(20-26(38)21-33(35)43)45-36-25(3)30-12-11-24(2)29-16-18-39(5)47-37(46-36)41(29,30)49-48-39/h23-37,43-44H,9-22H2,1-8H3/t23-,24-,25-,26+,27-,28-,29+,30?,31+,32?,33-,34+,35+,36+,37?,38+,39-,40-,41-/m1/s1. The van der Waals surface area contributed by atoms with Crippen molar-refractivity contribution in [3.63, 3.8) is 0 Å². The lowest BCUT2D eigenvalue weighted by Gasteiger charge is -2.64. The van der Waals surface area contributed by atoms with Crippen molar-refractivity contribution in [2.45, 2.75) is 167 Å². The van der Waals surface area contributed by atoms with Crippen molar-refractivity contribution >= 4 is 0 Å². The zero-order chi connectivity index (χ0) is 34.7. The third-order valence-electron chi connectivity index (χ3n) is 17.2. The first-order chi connectivity index (χ1) is 23.2. The van der Waals surface area contributed by atoms with Crippen LogP contribution in [0.25, 0.3) is 0 Å². The predicted molar refractivity (Wildman–Crippen MR) is 187 cm³/mol. The highest BCUT2D eigenvalue weighted by Crippen LogP contribution is 2.69. The van der Waals surface area contributed by atoms with Gasteiger partial charge < -0.3 is 29.3 Å². The molecule has 0 aromatic rings. The summed E-state index contributed by atoms with van der Waals surface area (Å²) >= 11 is 0. The molecule has 8 heteroatoms. The Bertz CT molecular complexity index is 1220. The fraction of sp³-hybridized carbons (Fsp3) is 1.00. The van der Waals surface area contributed by atoms with E-state index in [2.05, 4.69) is 53.6 Å². The normalized spacial score (nSPS) is 57.1. The first-order valence-corrected chi connectivity index (χ1v) is 20.6. The van der Waals surface area contributed by atoms with Crippen LogP contribution in [0.15, 0.2) is 0 Å². The molecule has 0 radical (unpaired) electrons. The third kappa shape index (κ3) is 5.40. The van der Waals surface area contributed by atoms with Gasteiger partial charge in [0, 0.05) is 18.3 Å². The number of aliphatic hydroxyl groups excluding tert-OH is 2. The summed E-state index contributed by atoms with van der Waals surface area (Å²) in [6.07, 6.45) is 12.3. The van der Waals surface area contributed by atoms with E-state index in [9.17, 15) is 10.2 Å². The van der Waals surface area contributed by atoms with Crippen LogP contribution < -0.4 is 0 Å². The molecule has 4 aliphatic heterocycles. The molecule has 4 heterocycles. The molecule has 5 saturated carbocycles. The van der Waals surface area contributed by atoms with Crippen molar-refractivity contribution in [3.8, 4) is 0 Å². The van der Waals surface area contributed by atoms with Crippen LogP contribution in [0.4, 0.5) is 0 Å². The van der Waals surface area contributed by atoms with Gasteiger partial charge in [-0.05, 0) is 163 Å². The van der Waals surface area contributed by atoms with Crippen molar-refractivity contribution < 1.29 is 34.2 Å². The Balaban J connectivity index is 0.962. The SMILES string of the molecule is C[C@H](CCCN(C)C)[C@H]1CC[C@H]2[C@H]3C(C[C@H](O)[C@]12C)[C@@]1(C)CC[C@@H](O[C@H]2OC4O[C@@]5(C)CC[C@H]6[C@H](C)CCC([C@H]2C)[C@@]46OO5)C[C@H]1C[C@H]3O. The van der Waals surface area contributed by atoms with E-state index in [1.165, 1.54) is 25.7 Å². The minimum atomic E-state index is -0.784. The number of hydrogen-bond donors (Lipinski definition) is 2. The van der Waals surface area contributed by atoms with Gasteiger partial charge in [0.2, 0.25) is 5.79 Å². The molecule has 1 spiro atoms. The van der Waals surface area contributed by atoms with E-state index < -0.39 is 17.7 Å². The zero-order valence-electron chi connectivity index (χ0n) is 31.9. The van der Waals surface area contributed by atoms with Crippen LogP contribution in [0, 0.1) is 70.0 Å². The van der Waals surface area contributed by atoms with Gasteiger partial charge in [0.25, 0.3) is 0 Å². The van der Waals surface area contributed by atoms with Crippen LogP contribution in [-0.4, -0.2) is 78.0 Å². The fourth-order valence-electron chi connectivity index (χ4n) is 14.4. The van der Waals surface area contributed by atoms with E-state index in [0.29, 0.717) is 41.4 Å². The summed E-state index contributed by atoms with van der Waals surface area (Å²) in [5, 5.41) is 24.1. The van der Waals surface area contributed by atoms with E-state index in [1.54, 1.807) is 0 Å². The quantitative estimate of drug-likeness (QED) is 0.215. The molecule has 8 nitrogen and oxygen atoms in total. The third-order valence-corrected chi connectivity index (χ3v) is 17.2. The van der Waals surface area contributed by atoms with Crippen molar-refractivity contribution in [2.24, 2.45) is 70.0 Å². The van der Waals surface area contributed by atoms with Crippen LogP contribution in [0.1, 0.15) is 125 Å². The highest BCUT2D eigenvalue weighted by atomic mass is 17.3.